The zero-order valence-electron chi connectivity index (χ0n) is 12.5. The molecule has 2 aliphatic rings. The standard InChI is InChI=1S/C16H15ClN2O3S/c1-8-2-3-11-13(4-8)23-16(18-11)19-15(20)9-5-10(17)14-12(6-9)21-7-22-14/h5-6,8H,2-4,7H2,1H3,(H,18,19,20). The highest BCUT2D eigenvalue weighted by Crippen LogP contribution is 2.40. The van der Waals surface area contributed by atoms with Gasteiger partial charge in [0.05, 0.1) is 10.7 Å². The van der Waals surface area contributed by atoms with Gasteiger partial charge in [0.15, 0.2) is 16.6 Å². The van der Waals surface area contributed by atoms with Gasteiger partial charge in [0, 0.05) is 10.4 Å². The molecule has 5 nitrogen and oxygen atoms in total. The van der Waals surface area contributed by atoms with Crippen LogP contribution < -0.4 is 14.8 Å². The second-order valence-electron chi connectivity index (χ2n) is 5.88. The van der Waals surface area contributed by atoms with Gasteiger partial charge in [0.25, 0.3) is 5.91 Å². The van der Waals surface area contributed by atoms with Crippen LogP contribution in [0.15, 0.2) is 12.1 Å². The van der Waals surface area contributed by atoms with E-state index >= 15 is 0 Å². The van der Waals surface area contributed by atoms with Crippen LogP contribution in [0.1, 0.15) is 34.3 Å². The third kappa shape index (κ3) is 2.77. The van der Waals surface area contributed by atoms with Crippen molar-refractivity contribution >= 4 is 34.0 Å². The van der Waals surface area contributed by atoms with Gasteiger partial charge in [-0.15, -0.1) is 11.3 Å². The van der Waals surface area contributed by atoms with Gasteiger partial charge in [-0.2, -0.15) is 0 Å². The van der Waals surface area contributed by atoms with Gasteiger partial charge in [-0.1, -0.05) is 18.5 Å². The Morgan fingerprint density at radius 1 is 1.43 bits per heavy atom. The van der Waals surface area contributed by atoms with Crippen molar-refractivity contribution in [3.8, 4) is 11.5 Å². The molecule has 23 heavy (non-hydrogen) atoms. The lowest BCUT2D eigenvalue weighted by atomic mass is 9.93. The van der Waals surface area contributed by atoms with Crippen LogP contribution in [0.25, 0.3) is 0 Å². The fourth-order valence-corrected chi connectivity index (χ4v) is 4.29. The Labute approximate surface area is 142 Å². The van der Waals surface area contributed by atoms with Crippen LogP contribution in [-0.4, -0.2) is 17.7 Å². The minimum Gasteiger partial charge on any atom is -0.454 e. The average molecular weight is 351 g/mol. The van der Waals surface area contributed by atoms with Crippen molar-refractivity contribution in [2.24, 2.45) is 5.92 Å². The lowest BCUT2D eigenvalue weighted by Gasteiger charge is -2.15. The summed E-state index contributed by atoms with van der Waals surface area (Å²) in [4.78, 5) is 18.3. The Kier molecular flexibility index (Phi) is 3.66. The molecule has 4 rings (SSSR count). The molecule has 0 bridgehead atoms. The van der Waals surface area contributed by atoms with Crippen LogP contribution in [0.2, 0.25) is 5.02 Å². The molecule has 0 saturated carbocycles. The van der Waals surface area contributed by atoms with Crippen LogP contribution in [0, 0.1) is 5.92 Å². The molecule has 2 heterocycles. The number of benzene rings is 1. The van der Waals surface area contributed by atoms with E-state index in [9.17, 15) is 4.79 Å². The number of thiazole rings is 1. The molecule has 1 atom stereocenters. The molecule has 0 radical (unpaired) electrons. The highest BCUT2D eigenvalue weighted by atomic mass is 35.5. The van der Waals surface area contributed by atoms with Gasteiger partial charge < -0.3 is 9.47 Å². The number of carbonyl (C=O) groups excluding carboxylic acids is 1. The Bertz CT molecular complexity index is 790. The Morgan fingerprint density at radius 2 is 2.30 bits per heavy atom. The van der Waals surface area contributed by atoms with Gasteiger partial charge in [-0.05, 0) is 37.3 Å². The molecule has 0 spiro atoms. The minimum atomic E-state index is -0.246. The lowest BCUT2D eigenvalue weighted by Crippen LogP contribution is -2.12. The number of hydrogen-bond acceptors (Lipinski definition) is 5. The van der Waals surface area contributed by atoms with Crippen molar-refractivity contribution < 1.29 is 14.3 Å². The Hall–Kier alpha value is -1.79. The molecule has 1 aromatic carbocycles. The monoisotopic (exact) mass is 350 g/mol. The first kappa shape index (κ1) is 14.8. The van der Waals surface area contributed by atoms with Crippen LogP contribution in [0.4, 0.5) is 5.13 Å². The number of aryl methyl sites for hydroxylation is 1. The van der Waals surface area contributed by atoms with Crippen molar-refractivity contribution in [1.29, 1.82) is 0 Å². The van der Waals surface area contributed by atoms with Crippen LogP contribution in [0.3, 0.4) is 0 Å². The fourth-order valence-electron chi connectivity index (χ4n) is 2.86. The normalized spacial score (nSPS) is 18.6. The number of amides is 1. The van der Waals surface area contributed by atoms with E-state index in [1.54, 1.807) is 23.5 Å². The number of nitrogens with one attached hydrogen (secondary N) is 1. The van der Waals surface area contributed by atoms with E-state index in [0.29, 0.717) is 33.1 Å². The number of hydrogen-bond donors (Lipinski definition) is 1. The topological polar surface area (TPSA) is 60.5 Å². The quantitative estimate of drug-likeness (QED) is 0.892. The van der Waals surface area contributed by atoms with Gasteiger partial charge in [-0.3, -0.25) is 10.1 Å². The number of aromatic nitrogens is 1. The number of nitrogens with zero attached hydrogens (tertiary/aromatic N) is 1. The Balaban J connectivity index is 1.56. The summed E-state index contributed by atoms with van der Waals surface area (Å²) in [6.07, 6.45) is 3.18. The third-order valence-electron chi connectivity index (χ3n) is 4.10. The first-order chi connectivity index (χ1) is 11.1. The molecule has 1 aromatic heterocycles. The summed E-state index contributed by atoms with van der Waals surface area (Å²) in [6.45, 7) is 2.37. The summed E-state index contributed by atoms with van der Waals surface area (Å²) >= 11 is 7.68. The lowest BCUT2D eigenvalue weighted by molar-refractivity contribution is 0.102. The van der Waals surface area contributed by atoms with E-state index in [0.717, 1.165) is 25.0 Å². The molecule has 0 saturated heterocycles. The molecular weight excluding hydrogens is 336 g/mol. The van der Waals surface area contributed by atoms with Gasteiger partial charge in [-0.25, -0.2) is 4.98 Å². The second-order valence-corrected chi connectivity index (χ2v) is 7.37. The predicted octanol–water partition coefficient (Wildman–Crippen LogP) is 3.90. The first-order valence-corrected chi connectivity index (χ1v) is 8.68. The number of carbonyl (C=O) groups is 1. The summed E-state index contributed by atoms with van der Waals surface area (Å²) < 4.78 is 10.5. The molecule has 1 aliphatic heterocycles. The largest absolute Gasteiger partial charge is 0.454 e. The minimum absolute atomic E-state index is 0.123. The van der Waals surface area contributed by atoms with Crippen LogP contribution in [0.5, 0.6) is 11.5 Å². The molecule has 1 N–H and O–H groups in total. The number of anilines is 1. The van der Waals surface area contributed by atoms with Gasteiger partial charge in [0.2, 0.25) is 6.79 Å². The van der Waals surface area contributed by atoms with Crippen LogP contribution >= 0.6 is 22.9 Å². The average Bonchev–Trinajstić information content (AvgIpc) is 3.12. The van der Waals surface area contributed by atoms with Crippen LogP contribution in [-0.2, 0) is 12.8 Å². The maximum atomic E-state index is 12.4. The van der Waals surface area contributed by atoms with E-state index in [1.165, 1.54) is 4.88 Å². The zero-order valence-corrected chi connectivity index (χ0v) is 14.1. The number of rotatable bonds is 2. The SMILES string of the molecule is CC1CCc2nc(NC(=O)c3cc(Cl)c4c(c3)OCO4)sc2C1. The Morgan fingerprint density at radius 3 is 3.17 bits per heavy atom. The molecule has 2 aromatic rings. The fraction of sp³-hybridized carbons (Fsp3) is 0.375. The molecule has 0 fully saturated rings. The van der Waals surface area contributed by atoms with Gasteiger partial charge >= 0.3 is 0 Å². The maximum Gasteiger partial charge on any atom is 0.257 e. The highest BCUT2D eigenvalue weighted by Gasteiger charge is 2.23. The van der Waals surface area contributed by atoms with E-state index in [2.05, 4.69) is 17.2 Å². The molecule has 7 heteroatoms. The number of ether oxygens (including phenoxy) is 2. The predicted molar refractivity (Wildman–Crippen MR) is 88.8 cm³/mol. The van der Waals surface area contributed by atoms with E-state index in [4.69, 9.17) is 21.1 Å². The molecule has 1 unspecified atom stereocenters. The van der Waals surface area contributed by atoms with E-state index < -0.39 is 0 Å². The molecule has 120 valence electrons. The third-order valence-corrected chi connectivity index (χ3v) is 5.41. The summed E-state index contributed by atoms with van der Waals surface area (Å²) in [5, 5.41) is 3.88. The van der Waals surface area contributed by atoms with Gasteiger partial charge in [0.1, 0.15) is 0 Å². The number of halogens is 1. The van der Waals surface area contributed by atoms with Crippen molar-refractivity contribution in [2.75, 3.05) is 12.1 Å². The second kappa shape index (κ2) is 5.69. The van der Waals surface area contributed by atoms with Crippen molar-refractivity contribution in [3.63, 3.8) is 0 Å². The smallest absolute Gasteiger partial charge is 0.257 e. The highest BCUT2D eigenvalue weighted by molar-refractivity contribution is 7.15. The maximum absolute atomic E-state index is 12.4. The van der Waals surface area contributed by atoms with Crippen molar-refractivity contribution in [1.82, 2.24) is 4.98 Å². The van der Waals surface area contributed by atoms with Crippen molar-refractivity contribution in [2.45, 2.75) is 26.2 Å². The summed E-state index contributed by atoms with van der Waals surface area (Å²) in [7, 11) is 0. The molecule has 1 amide bonds. The molecular formula is C16H15ClN2O3S. The summed E-state index contributed by atoms with van der Waals surface area (Å²) in [5.41, 5.74) is 1.55. The summed E-state index contributed by atoms with van der Waals surface area (Å²) in [5.74, 6) is 1.42. The zero-order chi connectivity index (χ0) is 16.0. The molecule has 1 aliphatic carbocycles. The van der Waals surface area contributed by atoms with E-state index in [-0.39, 0.29) is 12.7 Å². The number of fused-ring (bicyclic) bond motifs is 2. The van der Waals surface area contributed by atoms with Crippen molar-refractivity contribution in [3.05, 3.63) is 33.3 Å². The first-order valence-electron chi connectivity index (χ1n) is 7.49. The summed E-state index contributed by atoms with van der Waals surface area (Å²) in [6, 6.07) is 3.22. The van der Waals surface area contributed by atoms with E-state index in [1.807, 2.05) is 0 Å².